The molecule has 0 atom stereocenters. The molecule has 3 rings (SSSR count). The van der Waals surface area contributed by atoms with Crippen molar-refractivity contribution in [2.24, 2.45) is 11.3 Å². The van der Waals surface area contributed by atoms with Gasteiger partial charge in [-0.25, -0.2) is 9.48 Å². The van der Waals surface area contributed by atoms with Crippen LogP contribution in [0.2, 0.25) is 0 Å². The van der Waals surface area contributed by atoms with Gasteiger partial charge in [0.25, 0.3) is 0 Å². The highest BCUT2D eigenvalue weighted by molar-refractivity contribution is 5.73. The molecule has 3 N–H and O–H groups in total. The number of amides is 2. The number of aliphatic carboxylic acids is 1. The van der Waals surface area contributed by atoms with Crippen LogP contribution in [0.1, 0.15) is 31.4 Å². The van der Waals surface area contributed by atoms with Crippen molar-refractivity contribution in [1.82, 2.24) is 25.6 Å². The van der Waals surface area contributed by atoms with E-state index in [1.54, 1.807) is 0 Å². The summed E-state index contributed by atoms with van der Waals surface area (Å²) in [5, 5.41) is 21.7. The van der Waals surface area contributed by atoms with Gasteiger partial charge in [-0.2, -0.15) is 0 Å². The van der Waals surface area contributed by atoms with Crippen LogP contribution in [-0.4, -0.2) is 38.6 Å². The highest BCUT2D eigenvalue weighted by Crippen LogP contribution is 2.60. The van der Waals surface area contributed by atoms with Crippen molar-refractivity contribution in [2.75, 3.05) is 6.54 Å². The van der Waals surface area contributed by atoms with Crippen molar-refractivity contribution in [3.63, 3.8) is 0 Å². The smallest absolute Gasteiger partial charge is 0.325 e. The average molecular weight is 293 g/mol. The van der Waals surface area contributed by atoms with E-state index in [9.17, 15) is 9.59 Å². The number of nitrogens with one attached hydrogen (secondary N) is 2. The van der Waals surface area contributed by atoms with E-state index in [1.165, 1.54) is 36.6 Å². The summed E-state index contributed by atoms with van der Waals surface area (Å²) in [4.78, 5) is 22.3. The Balaban J connectivity index is 1.39. The van der Waals surface area contributed by atoms with Crippen molar-refractivity contribution in [1.29, 1.82) is 0 Å². The fourth-order valence-corrected chi connectivity index (χ4v) is 2.71. The van der Waals surface area contributed by atoms with Crippen LogP contribution in [0.5, 0.6) is 0 Å². The molecule has 0 spiro atoms. The Morgan fingerprint density at radius 1 is 1.38 bits per heavy atom. The molecule has 8 nitrogen and oxygen atoms in total. The van der Waals surface area contributed by atoms with Crippen LogP contribution in [0, 0.1) is 11.3 Å². The van der Waals surface area contributed by atoms with E-state index in [4.69, 9.17) is 5.11 Å². The molecule has 0 bridgehead atoms. The Morgan fingerprint density at radius 3 is 2.76 bits per heavy atom. The first-order valence-electron chi connectivity index (χ1n) is 7.20. The largest absolute Gasteiger partial charge is 0.480 e. The second-order valence-corrected chi connectivity index (χ2v) is 5.97. The Morgan fingerprint density at radius 2 is 2.14 bits per heavy atom. The van der Waals surface area contributed by atoms with Crippen molar-refractivity contribution >= 4 is 12.0 Å². The maximum absolute atomic E-state index is 11.7. The molecule has 1 heterocycles. The fraction of sp³-hybridized carbons (Fsp3) is 0.692. The number of carbonyl (C=O) groups excluding carboxylic acids is 1. The van der Waals surface area contributed by atoms with Crippen LogP contribution < -0.4 is 10.6 Å². The minimum atomic E-state index is -0.980. The Kier molecular flexibility index (Phi) is 3.52. The molecule has 0 saturated heterocycles. The first-order chi connectivity index (χ1) is 10.1. The number of carboxylic acids is 1. The number of hydrogen-bond donors (Lipinski definition) is 3. The highest BCUT2D eigenvalue weighted by atomic mass is 16.4. The Bertz CT molecular complexity index is 548. The Labute approximate surface area is 121 Å². The summed E-state index contributed by atoms with van der Waals surface area (Å²) in [5.41, 5.74) is 0.914. The minimum absolute atomic E-state index is 0.213. The number of nitrogens with zero attached hydrogens (tertiary/aromatic N) is 3. The number of hydrogen-bond acceptors (Lipinski definition) is 4. The standard InChI is InChI=1S/C13H19N5O3/c19-11(20)7-18-6-10(16-17-18)5-14-12(21)15-8-13(3-4-13)9-1-2-9/h6,9H,1-5,7-8H2,(H,19,20)(H2,14,15,21). The molecular formula is C13H19N5O3. The van der Waals surface area contributed by atoms with Gasteiger partial charge in [0.1, 0.15) is 12.2 Å². The normalized spacial score (nSPS) is 19.0. The van der Waals surface area contributed by atoms with Gasteiger partial charge < -0.3 is 15.7 Å². The van der Waals surface area contributed by atoms with Gasteiger partial charge in [0.15, 0.2) is 0 Å². The van der Waals surface area contributed by atoms with E-state index in [0.717, 1.165) is 12.5 Å². The first kappa shape index (κ1) is 13.8. The molecule has 2 aliphatic rings. The molecule has 114 valence electrons. The molecule has 1 aromatic heterocycles. The van der Waals surface area contributed by atoms with Crippen molar-refractivity contribution in [3.8, 4) is 0 Å². The SMILES string of the molecule is O=C(O)Cn1cc(CNC(=O)NCC2(C3CC3)CC2)nn1. The van der Waals surface area contributed by atoms with E-state index in [1.807, 2.05) is 0 Å². The van der Waals surface area contributed by atoms with Gasteiger partial charge in [-0.3, -0.25) is 4.79 Å². The maximum Gasteiger partial charge on any atom is 0.325 e. The van der Waals surface area contributed by atoms with Gasteiger partial charge in [0, 0.05) is 6.54 Å². The van der Waals surface area contributed by atoms with Crippen LogP contribution in [0.3, 0.4) is 0 Å². The van der Waals surface area contributed by atoms with Gasteiger partial charge in [-0.05, 0) is 37.0 Å². The summed E-state index contributed by atoms with van der Waals surface area (Å²) >= 11 is 0. The molecule has 2 amide bonds. The third-order valence-corrected chi connectivity index (χ3v) is 4.25. The van der Waals surface area contributed by atoms with Crippen LogP contribution in [0.15, 0.2) is 6.20 Å². The van der Waals surface area contributed by atoms with Gasteiger partial charge in [-0.1, -0.05) is 5.21 Å². The summed E-state index contributed by atoms with van der Waals surface area (Å²) in [5.74, 6) is -0.166. The van der Waals surface area contributed by atoms with Crippen LogP contribution in [-0.2, 0) is 17.9 Å². The predicted molar refractivity (Wildman–Crippen MR) is 72.3 cm³/mol. The number of carbonyl (C=O) groups is 2. The van der Waals surface area contributed by atoms with E-state index in [-0.39, 0.29) is 19.1 Å². The highest BCUT2D eigenvalue weighted by Gasteiger charge is 2.53. The van der Waals surface area contributed by atoms with Crippen LogP contribution >= 0.6 is 0 Å². The minimum Gasteiger partial charge on any atom is -0.480 e. The zero-order chi connectivity index (χ0) is 14.9. The van der Waals surface area contributed by atoms with E-state index in [2.05, 4.69) is 20.9 Å². The molecule has 0 radical (unpaired) electrons. The molecule has 1 aromatic rings. The van der Waals surface area contributed by atoms with Crippen molar-refractivity contribution in [3.05, 3.63) is 11.9 Å². The van der Waals surface area contributed by atoms with E-state index in [0.29, 0.717) is 11.1 Å². The number of rotatable bonds is 7. The second kappa shape index (κ2) is 5.34. The van der Waals surface area contributed by atoms with Crippen LogP contribution in [0.4, 0.5) is 4.79 Å². The lowest BCUT2D eigenvalue weighted by Gasteiger charge is -2.15. The molecule has 0 aromatic carbocycles. The van der Waals surface area contributed by atoms with Crippen LogP contribution in [0.25, 0.3) is 0 Å². The summed E-state index contributed by atoms with van der Waals surface area (Å²) in [6.07, 6.45) is 6.57. The fourth-order valence-electron chi connectivity index (χ4n) is 2.71. The van der Waals surface area contributed by atoms with Gasteiger partial charge in [0.05, 0.1) is 12.7 Å². The van der Waals surface area contributed by atoms with E-state index >= 15 is 0 Å². The molecule has 21 heavy (non-hydrogen) atoms. The monoisotopic (exact) mass is 293 g/mol. The van der Waals surface area contributed by atoms with Crippen molar-refractivity contribution < 1.29 is 14.7 Å². The molecule has 2 saturated carbocycles. The second-order valence-electron chi connectivity index (χ2n) is 5.97. The third kappa shape index (κ3) is 3.50. The number of urea groups is 1. The molecule has 8 heteroatoms. The lowest BCUT2D eigenvalue weighted by molar-refractivity contribution is -0.137. The molecule has 0 unspecified atom stereocenters. The first-order valence-corrected chi connectivity index (χ1v) is 7.20. The summed E-state index contributed by atoms with van der Waals surface area (Å²) in [7, 11) is 0. The average Bonchev–Trinajstić information content (AvgIpc) is 3.32. The topological polar surface area (TPSA) is 109 Å². The zero-order valence-corrected chi connectivity index (χ0v) is 11.7. The lowest BCUT2D eigenvalue weighted by atomic mass is 10.0. The van der Waals surface area contributed by atoms with Crippen molar-refractivity contribution in [2.45, 2.75) is 38.8 Å². The maximum atomic E-state index is 11.7. The Hall–Kier alpha value is -2.12. The third-order valence-electron chi connectivity index (χ3n) is 4.25. The molecule has 0 aliphatic heterocycles. The molecule has 2 aliphatic carbocycles. The quantitative estimate of drug-likeness (QED) is 0.672. The summed E-state index contributed by atoms with van der Waals surface area (Å²) in [6.45, 7) is 0.750. The molecule has 2 fully saturated rings. The summed E-state index contributed by atoms with van der Waals surface area (Å²) in [6, 6.07) is -0.213. The zero-order valence-electron chi connectivity index (χ0n) is 11.7. The summed E-state index contributed by atoms with van der Waals surface area (Å²) < 4.78 is 1.23. The predicted octanol–water partition coefficient (Wildman–Crippen LogP) is 0.352. The molecular weight excluding hydrogens is 274 g/mol. The van der Waals surface area contributed by atoms with E-state index < -0.39 is 5.97 Å². The van der Waals surface area contributed by atoms with Gasteiger partial charge >= 0.3 is 12.0 Å². The lowest BCUT2D eigenvalue weighted by Crippen LogP contribution is -2.39. The van der Waals surface area contributed by atoms with Gasteiger partial charge in [0.2, 0.25) is 0 Å². The van der Waals surface area contributed by atoms with Gasteiger partial charge in [-0.15, -0.1) is 5.10 Å². The number of aromatic nitrogens is 3. The number of carboxylic acid groups (broad SMARTS) is 1.